The topological polar surface area (TPSA) is 78.0 Å². The zero-order chi connectivity index (χ0) is 14.2. The number of sulfonamides is 1. The summed E-state index contributed by atoms with van der Waals surface area (Å²) in [7, 11) is -3.79. The molecule has 0 aliphatic carbocycles. The molecule has 1 aromatic carbocycles. The minimum Gasteiger partial charge on any atom is -0.329 e. The molecule has 0 aliphatic heterocycles. The molecular weight excluding hydrogens is 354 g/mol. The minimum absolute atomic E-state index is 0.141. The van der Waals surface area contributed by atoms with Gasteiger partial charge in [0.25, 0.3) is 10.0 Å². The fraction of sp³-hybridized carbons (Fsp3) is 0.182. The van der Waals surface area contributed by atoms with E-state index in [4.69, 9.17) is 16.7 Å². The lowest BCUT2D eigenvalue weighted by Crippen LogP contribution is -2.12. The summed E-state index contributed by atoms with van der Waals surface area (Å²) in [6.45, 7) is 2.14. The van der Waals surface area contributed by atoms with Crippen LogP contribution in [0.2, 0.25) is 5.02 Å². The molecule has 0 saturated carbocycles. The number of halogens is 2. The fourth-order valence-corrected chi connectivity index (χ4v) is 2.88. The van der Waals surface area contributed by atoms with E-state index in [0.717, 1.165) is 10.0 Å². The molecule has 8 heteroatoms. The molecule has 0 unspecified atom stereocenters. The molecule has 0 atom stereocenters. The van der Waals surface area contributed by atoms with Gasteiger partial charge >= 0.3 is 0 Å². The zero-order valence-electron chi connectivity index (χ0n) is 9.97. The second-order valence-electron chi connectivity index (χ2n) is 4.03. The largest absolute Gasteiger partial charge is 0.329 e. The Morgan fingerprint density at radius 2 is 2.16 bits per heavy atom. The molecule has 2 aromatic rings. The average Bonchev–Trinajstić information content (AvgIpc) is 2.64. The molecule has 5 nitrogen and oxygen atoms in total. The average molecular weight is 365 g/mol. The van der Waals surface area contributed by atoms with Crippen LogP contribution in [0.1, 0.15) is 11.4 Å². The third-order valence-electron chi connectivity index (χ3n) is 2.60. The molecule has 0 aliphatic rings. The Hall–Kier alpha value is -0.890. The number of nitrogens with zero attached hydrogens (tertiary/aromatic N) is 2. The van der Waals surface area contributed by atoms with Gasteiger partial charge in [-0.25, -0.2) is 18.5 Å². The molecule has 1 heterocycles. The Morgan fingerprint density at radius 3 is 2.68 bits per heavy atom. The van der Waals surface area contributed by atoms with Gasteiger partial charge < -0.3 is 4.57 Å². The van der Waals surface area contributed by atoms with Crippen molar-refractivity contribution in [2.75, 3.05) is 0 Å². The summed E-state index contributed by atoms with van der Waals surface area (Å²) in [5.74, 6) is 0.558. The van der Waals surface area contributed by atoms with Crippen molar-refractivity contribution in [2.24, 2.45) is 5.14 Å². The number of aromatic nitrogens is 2. The highest BCUT2D eigenvalue weighted by Crippen LogP contribution is 2.22. The van der Waals surface area contributed by atoms with Crippen LogP contribution in [-0.4, -0.2) is 18.0 Å². The van der Waals surface area contributed by atoms with Crippen LogP contribution in [0.5, 0.6) is 0 Å². The number of nitrogens with two attached hydrogens (primary N) is 1. The van der Waals surface area contributed by atoms with Crippen LogP contribution in [-0.2, 0) is 16.6 Å². The number of hydrogen-bond acceptors (Lipinski definition) is 3. The van der Waals surface area contributed by atoms with E-state index in [1.165, 1.54) is 6.20 Å². The highest BCUT2D eigenvalue weighted by Gasteiger charge is 2.14. The number of hydrogen-bond donors (Lipinski definition) is 1. The van der Waals surface area contributed by atoms with E-state index in [9.17, 15) is 8.42 Å². The summed E-state index contributed by atoms with van der Waals surface area (Å²) in [6.07, 6.45) is 1.41. The third kappa shape index (κ3) is 3.36. The second-order valence-corrected chi connectivity index (χ2v) is 6.87. The van der Waals surface area contributed by atoms with Crippen LogP contribution >= 0.6 is 27.5 Å². The molecule has 0 fully saturated rings. The summed E-state index contributed by atoms with van der Waals surface area (Å²) in [6, 6.07) is 5.51. The number of primary sulfonamides is 1. The van der Waals surface area contributed by atoms with Crippen molar-refractivity contribution in [3.05, 3.63) is 45.3 Å². The van der Waals surface area contributed by atoms with E-state index >= 15 is 0 Å². The zero-order valence-corrected chi connectivity index (χ0v) is 13.1. The Bertz CT molecular complexity index is 728. The number of imidazole rings is 1. The first-order chi connectivity index (χ1) is 8.77. The highest BCUT2D eigenvalue weighted by molar-refractivity contribution is 9.10. The van der Waals surface area contributed by atoms with Gasteiger partial charge in [-0.15, -0.1) is 0 Å². The molecule has 1 aromatic heterocycles. The van der Waals surface area contributed by atoms with Gasteiger partial charge in [-0.3, -0.25) is 0 Å². The van der Waals surface area contributed by atoms with Crippen molar-refractivity contribution in [3.63, 3.8) is 0 Å². The van der Waals surface area contributed by atoms with Gasteiger partial charge in [0.2, 0.25) is 0 Å². The van der Waals surface area contributed by atoms with Crippen molar-refractivity contribution in [3.8, 4) is 0 Å². The maximum Gasteiger partial charge on any atom is 0.257 e. The van der Waals surface area contributed by atoms with E-state index in [-0.39, 0.29) is 5.03 Å². The number of rotatable bonds is 3. The van der Waals surface area contributed by atoms with Crippen molar-refractivity contribution in [1.82, 2.24) is 9.55 Å². The summed E-state index contributed by atoms with van der Waals surface area (Å²) in [5.41, 5.74) is 0.867. The molecule has 2 rings (SSSR count). The van der Waals surface area contributed by atoms with Crippen LogP contribution in [0.3, 0.4) is 0 Å². The quantitative estimate of drug-likeness (QED) is 0.907. The van der Waals surface area contributed by atoms with Gasteiger partial charge in [0, 0.05) is 15.7 Å². The van der Waals surface area contributed by atoms with E-state index in [0.29, 0.717) is 17.4 Å². The minimum atomic E-state index is -3.79. The fourth-order valence-electron chi connectivity index (χ4n) is 1.61. The maximum absolute atomic E-state index is 11.2. The standard InChI is InChI=1S/C11H11BrClN3O2S/c1-7-15-11(19(14,17)18)6-16(7)5-8-2-3-9(12)4-10(8)13/h2-4,6H,5H2,1H3,(H2,14,17,18). The first kappa shape index (κ1) is 14.5. The van der Waals surface area contributed by atoms with Crippen LogP contribution in [0.4, 0.5) is 0 Å². The predicted molar refractivity (Wildman–Crippen MR) is 76.6 cm³/mol. The Labute approximate surface area is 124 Å². The molecule has 0 bridgehead atoms. The first-order valence-corrected chi connectivity index (χ1v) is 7.99. The SMILES string of the molecule is Cc1nc(S(N)(=O)=O)cn1Cc1ccc(Br)cc1Cl. The molecule has 19 heavy (non-hydrogen) atoms. The van der Waals surface area contributed by atoms with E-state index in [2.05, 4.69) is 20.9 Å². The van der Waals surface area contributed by atoms with Crippen LogP contribution in [0.15, 0.2) is 33.9 Å². The second kappa shape index (κ2) is 5.24. The molecular formula is C11H11BrClN3O2S. The van der Waals surface area contributed by atoms with E-state index in [1.807, 2.05) is 12.1 Å². The summed E-state index contributed by atoms with van der Waals surface area (Å²) in [5, 5.41) is 5.50. The molecule has 102 valence electrons. The van der Waals surface area contributed by atoms with Crippen molar-refractivity contribution in [2.45, 2.75) is 18.5 Å². The van der Waals surface area contributed by atoms with Gasteiger partial charge in [0.15, 0.2) is 5.03 Å². The Morgan fingerprint density at radius 1 is 1.47 bits per heavy atom. The molecule has 0 saturated heterocycles. The Kier molecular flexibility index (Phi) is 4.00. The van der Waals surface area contributed by atoms with Gasteiger partial charge in [0.1, 0.15) is 5.82 Å². The van der Waals surface area contributed by atoms with Gasteiger partial charge in [-0.2, -0.15) is 0 Å². The van der Waals surface area contributed by atoms with Crippen LogP contribution < -0.4 is 5.14 Å². The van der Waals surface area contributed by atoms with Gasteiger partial charge in [-0.05, 0) is 24.6 Å². The molecule has 0 radical (unpaired) electrons. The molecule has 0 spiro atoms. The smallest absolute Gasteiger partial charge is 0.257 e. The van der Waals surface area contributed by atoms with Crippen LogP contribution in [0, 0.1) is 6.92 Å². The lowest BCUT2D eigenvalue weighted by atomic mass is 10.2. The summed E-state index contributed by atoms with van der Waals surface area (Å²) >= 11 is 9.45. The lowest BCUT2D eigenvalue weighted by Gasteiger charge is -2.07. The summed E-state index contributed by atoms with van der Waals surface area (Å²) in [4.78, 5) is 3.92. The van der Waals surface area contributed by atoms with Gasteiger partial charge in [0.05, 0.1) is 6.54 Å². The monoisotopic (exact) mass is 363 g/mol. The van der Waals surface area contributed by atoms with E-state index in [1.54, 1.807) is 17.6 Å². The number of aryl methyl sites for hydroxylation is 1. The maximum atomic E-state index is 11.2. The van der Waals surface area contributed by atoms with Crippen molar-refractivity contribution in [1.29, 1.82) is 0 Å². The molecule has 2 N–H and O–H groups in total. The van der Waals surface area contributed by atoms with Crippen molar-refractivity contribution < 1.29 is 8.42 Å². The Balaban J connectivity index is 2.36. The predicted octanol–water partition coefficient (Wildman–Crippen LogP) is 2.30. The van der Waals surface area contributed by atoms with E-state index < -0.39 is 10.0 Å². The number of benzene rings is 1. The van der Waals surface area contributed by atoms with Crippen LogP contribution in [0.25, 0.3) is 0 Å². The third-order valence-corrected chi connectivity index (χ3v) is 4.23. The summed E-state index contributed by atoms with van der Waals surface area (Å²) < 4.78 is 25.0. The molecule has 0 amide bonds. The highest BCUT2D eigenvalue weighted by atomic mass is 79.9. The lowest BCUT2D eigenvalue weighted by molar-refractivity contribution is 0.594. The van der Waals surface area contributed by atoms with Crippen molar-refractivity contribution >= 4 is 37.6 Å². The normalized spacial score (nSPS) is 11.8. The van der Waals surface area contributed by atoms with Gasteiger partial charge in [-0.1, -0.05) is 33.6 Å². The first-order valence-electron chi connectivity index (χ1n) is 5.28.